The van der Waals surface area contributed by atoms with E-state index in [0.29, 0.717) is 0 Å². The minimum atomic E-state index is -1.47. The molecule has 0 aliphatic heterocycles. The minimum Gasteiger partial charge on any atom is -0.466 e. The lowest BCUT2D eigenvalue weighted by molar-refractivity contribution is -0.157. The number of rotatable bonds is 8. The molecule has 0 bridgehead atoms. The minimum absolute atomic E-state index is 0.00232. The van der Waals surface area contributed by atoms with Gasteiger partial charge in [0.1, 0.15) is 17.8 Å². The van der Waals surface area contributed by atoms with E-state index < -0.39 is 17.4 Å². The van der Waals surface area contributed by atoms with E-state index in [0.717, 1.165) is 5.56 Å². The monoisotopic (exact) mass is 330 g/mol. The first-order valence-corrected chi connectivity index (χ1v) is 7.48. The zero-order valence-electron chi connectivity index (χ0n) is 14.2. The molecule has 0 spiro atoms. The standard InChI is InChI=1S/C19H22O5/c1-5-11-24-18(22)19(3,14(2)20)13-16(17(21)23-4)12-15-9-7-6-8-10-15/h5-10,12H,1,11,13H2,2-4H3/b16-12+. The smallest absolute Gasteiger partial charge is 0.333 e. The highest BCUT2D eigenvalue weighted by Crippen LogP contribution is 2.30. The summed E-state index contributed by atoms with van der Waals surface area (Å²) in [6, 6.07) is 9.11. The number of ketones is 1. The lowest BCUT2D eigenvalue weighted by atomic mass is 9.79. The molecule has 0 heterocycles. The van der Waals surface area contributed by atoms with Gasteiger partial charge in [0.2, 0.25) is 0 Å². The first-order chi connectivity index (χ1) is 11.3. The van der Waals surface area contributed by atoms with Gasteiger partial charge in [0, 0.05) is 12.0 Å². The van der Waals surface area contributed by atoms with E-state index in [4.69, 9.17) is 9.47 Å². The first-order valence-electron chi connectivity index (χ1n) is 7.48. The summed E-state index contributed by atoms with van der Waals surface area (Å²) in [5.74, 6) is -1.68. The Morgan fingerprint density at radius 2 is 1.83 bits per heavy atom. The summed E-state index contributed by atoms with van der Waals surface area (Å²) < 4.78 is 9.81. The number of ether oxygens (including phenoxy) is 2. The Bertz CT molecular complexity index is 645. The van der Waals surface area contributed by atoms with Crippen LogP contribution >= 0.6 is 0 Å². The number of hydrogen-bond donors (Lipinski definition) is 0. The van der Waals surface area contributed by atoms with E-state index in [1.165, 1.54) is 27.0 Å². The maximum Gasteiger partial charge on any atom is 0.333 e. The van der Waals surface area contributed by atoms with Crippen LogP contribution in [-0.2, 0) is 23.9 Å². The third-order valence-corrected chi connectivity index (χ3v) is 3.69. The van der Waals surface area contributed by atoms with E-state index in [1.807, 2.05) is 30.3 Å². The SMILES string of the molecule is C=CCOC(=O)C(C)(C/C(=C\c1ccccc1)C(=O)OC)C(C)=O. The molecule has 1 atom stereocenters. The van der Waals surface area contributed by atoms with Crippen LogP contribution < -0.4 is 0 Å². The molecule has 1 aromatic rings. The second-order valence-electron chi connectivity index (χ2n) is 5.52. The molecule has 0 N–H and O–H groups in total. The van der Waals surface area contributed by atoms with E-state index in [1.54, 1.807) is 6.08 Å². The second-order valence-corrected chi connectivity index (χ2v) is 5.52. The van der Waals surface area contributed by atoms with Gasteiger partial charge in [-0.15, -0.1) is 0 Å². The van der Waals surface area contributed by atoms with Crippen molar-refractivity contribution in [1.29, 1.82) is 0 Å². The van der Waals surface area contributed by atoms with Gasteiger partial charge in [-0.1, -0.05) is 43.0 Å². The second kappa shape index (κ2) is 8.82. The molecule has 5 nitrogen and oxygen atoms in total. The van der Waals surface area contributed by atoms with Crippen LogP contribution in [0.2, 0.25) is 0 Å². The van der Waals surface area contributed by atoms with Gasteiger partial charge in [-0.05, 0) is 25.5 Å². The Morgan fingerprint density at radius 1 is 1.21 bits per heavy atom. The zero-order chi connectivity index (χ0) is 18.2. The van der Waals surface area contributed by atoms with Gasteiger partial charge >= 0.3 is 11.9 Å². The summed E-state index contributed by atoms with van der Waals surface area (Å²) in [6.07, 6.45) is 2.91. The molecule has 5 heteroatoms. The van der Waals surface area contributed by atoms with Gasteiger partial charge in [-0.3, -0.25) is 9.59 Å². The highest BCUT2D eigenvalue weighted by atomic mass is 16.5. The van der Waals surface area contributed by atoms with Gasteiger partial charge < -0.3 is 9.47 Å². The third kappa shape index (κ3) is 4.91. The van der Waals surface area contributed by atoms with Crippen LogP contribution in [0.5, 0.6) is 0 Å². The van der Waals surface area contributed by atoms with Crippen molar-refractivity contribution in [2.45, 2.75) is 20.3 Å². The predicted molar refractivity (Wildman–Crippen MR) is 91.0 cm³/mol. The van der Waals surface area contributed by atoms with E-state index in [9.17, 15) is 14.4 Å². The number of esters is 2. The van der Waals surface area contributed by atoms with Gasteiger partial charge in [0.25, 0.3) is 0 Å². The number of carbonyl (C=O) groups excluding carboxylic acids is 3. The van der Waals surface area contributed by atoms with Gasteiger partial charge in [0.15, 0.2) is 0 Å². The molecule has 0 fully saturated rings. The average molecular weight is 330 g/mol. The fourth-order valence-corrected chi connectivity index (χ4v) is 2.08. The van der Waals surface area contributed by atoms with Crippen molar-refractivity contribution in [3.63, 3.8) is 0 Å². The van der Waals surface area contributed by atoms with Crippen LogP contribution in [0.25, 0.3) is 6.08 Å². The van der Waals surface area contributed by atoms with Crippen molar-refractivity contribution in [3.05, 3.63) is 54.1 Å². The van der Waals surface area contributed by atoms with Crippen molar-refractivity contribution >= 4 is 23.8 Å². The number of methoxy groups -OCH3 is 1. The highest BCUT2D eigenvalue weighted by molar-refractivity contribution is 6.05. The molecule has 0 aliphatic carbocycles. The van der Waals surface area contributed by atoms with Crippen molar-refractivity contribution in [2.75, 3.05) is 13.7 Å². The molecule has 1 rings (SSSR count). The third-order valence-electron chi connectivity index (χ3n) is 3.69. The molecular weight excluding hydrogens is 308 g/mol. The summed E-state index contributed by atoms with van der Waals surface area (Å²) in [7, 11) is 1.25. The van der Waals surface area contributed by atoms with Crippen LogP contribution in [0.3, 0.4) is 0 Å². The summed E-state index contributed by atoms with van der Waals surface area (Å²) in [4.78, 5) is 36.4. The van der Waals surface area contributed by atoms with Gasteiger partial charge in [0.05, 0.1) is 7.11 Å². The Balaban J connectivity index is 3.20. The number of Topliss-reactive ketones (excluding diaryl/α,β-unsaturated/α-hetero) is 1. The number of carbonyl (C=O) groups is 3. The quantitative estimate of drug-likeness (QED) is 0.317. The largest absolute Gasteiger partial charge is 0.466 e. The fourth-order valence-electron chi connectivity index (χ4n) is 2.08. The maximum absolute atomic E-state index is 12.3. The Labute approximate surface area is 142 Å². The van der Waals surface area contributed by atoms with Gasteiger partial charge in [-0.2, -0.15) is 0 Å². The van der Waals surface area contributed by atoms with E-state index >= 15 is 0 Å². The summed E-state index contributed by atoms with van der Waals surface area (Å²) in [6.45, 7) is 6.23. The summed E-state index contributed by atoms with van der Waals surface area (Å²) in [5.41, 5.74) is -0.488. The van der Waals surface area contributed by atoms with Crippen molar-refractivity contribution in [3.8, 4) is 0 Å². The molecule has 0 saturated carbocycles. The molecule has 24 heavy (non-hydrogen) atoms. The van der Waals surface area contributed by atoms with Gasteiger partial charge in [-0.25, -0.2) is 4.79 Å². The molecule has 0 aliphatic rings. The average Bonchev–Trinajstić information content (AvgIpc) is 2.58. The van der Waals surface area contributed by atoms with Crippen LogP contribution in [0, 0.1) is 5.41 Å². The van der Waals surface area contributed by atoms with Crippen LogP contribution in [0.1, 0.15) is 25.8 Å². The molecule has 1 aromatic carbocycles. The van der Waals surface area contributed by atoms with E-state index in [-0.39, 0.29) is 24.4 Å². The molecule has 0 saturated heterocycles. The summed E-state index contributed by atoms with van der Waals surface area (Å²) in [5, 5.41) is 0. The normalized spacial score (nSPS) is 13.5. The molecule has 0 aromatic heterocycles. The topological polar surface area (TPSA) is 69.7 Å². The Morgan fingerprint density at radius 3 is 2.33 bits per heavy atom. The van der Waals surface area contributed by atoms with Crippen LogP contribution in [0.15, 0.2) is 48.6 Å². The highest BCUT2D eigenvalue weighted by Gasteiger charge is 2.41. The molecule has 0 radical (unpaired) electrons. The zero-order valence-corrected chi connectivity index (χ0v) is 14.2. The number of benzene rings is 1. The van der Waals surface area contributed by atoms with E-state index in [2.05, 4.69) is 6.58 Å². The molecule has 0 amide bonds. The lowest BCUT2D eigenvalue weighted by Gasteiger charge is -2.25. The fraction of sp³-hybridized carbons (Fsp3) is 0.316. The van der Waals surface area contributed by atoms with Crippen molar-refractivity contribution in [1.82, 2.24) is 0 Å². The van der Waals surface area contributed by atoms with Crippen LogP contribution in [0.4, 0.5) is 0 Å². The summed E-state index contributed by atoms with van der Waals surface area (Å²) >= 11 is 0. The number of hydrogen-bond acceptors (Lipinski definition) is 5. The molecular formula is C19H22O5. The Kier molecular flexibility index (Phi) is 7.11. The molecule has 128 valence electrons. The lowest BCUT2D eigenvalue weighted by Crippen LogP contribution is -2.38. The predicted octanol–water partition coefficient (Wildman–Crippen LogP) is 2.96. The van der Waals surface area contributed by atoms with Crippen molar-refractivity contribution in [2.24, 2.45) is 5.41 Å². The van der Waals surface area contributed by atoms with Crippen molar-refractivity contribution < 1.29 is 23.9 Å². The van der Waals surface area contributed by atoms with Crippen LogP contribution in [-0.4, -0.2) is 31.4 Å². The first kappa shape index (κ1) is 19.4. The Hall–Kier alpha value is -2.69. The maximum atomic E-state index is 12.3. The molecule has 1 unspecified atom stereocenters.